The third-order valence-electron chi connectivity index (χ3n) is 2.92. The molecule has 0 spiro atoms. The molecule has 1 aliphatic carbocycles. The lowest BCUT2D eigenvalue weighted by Gasteiger charge is -2.22. The molecule has 15 heavy (non-hydrogen) atoms. The van der Waals surface area contributed by atoms with Crippen LogP contribution in [0.3, 0.4) is 0 Å². The molecule has 0 bridgehead atoms. The molecule has 0 amide bonds. The predicted octanol–water partition coefficient (Wildman–Crippen LogP) is 2.53. The average Bonchev–Trinajstić information content (AvgIpc) is 2.28. The van der Waals surface area contributed by atoms with E-state index < -0.39 is 0 Å². The van der Waals surface area contributed by atoms with E-state index in [9.17, 15) is 4.79 Å². The molecule has 0 fully saturated rings. The van der Waals surface area contributed by atoms with Crippen LogP contribution in [0.5, 0.6) is 0 Å². The van der Waals surface area contributed by atoms with Gasteiger partial charge in [-0.1, -0.05) is 23.9 Å². The minimum atomic E-state index is 0.136. The molecule has 1 aromatic rings. The number of carbonyl (C=O) groups is 1. The average molecular weight is 221 g/mol. The summed E-state index contributed by atoms with van der Waals surface area (Å²) in [6.07, 6.45) is 5.06. The lowest BCUT2D eigenvalue weighted by molar-refractivity contribution is 0.108. The molecule has 80 valence electrons. The van der Waals surface area contributed by atoms with Crippen LogP contribution in [0.15, 0.2) is 18.2 Å². The van der Waals surface area contributed by atoms with Crippen LogP contribution in [-0.4, -0.2) is 11.4 Å². The van der Waals surface area contributed by atoms with Crippen LogP contribution in [0.1, 0.15) is 40.4 Å². The summed E-state index contributed by atoms with van der Waals surface area (Å²) in [6.45, 7) is 0. The second-order valence-electron chi connectivity index (χ2n) is 3.90. The molecule has 0 saturated heterocycles. The third-order valence-corrected chi connectivity index (χ3v) is 3.53. The summed E-state index contributed by atoms with van der Waals surface area (Å²) in [5, 5.41) is 0.136. The van der Waals surface area contributed by atoms with E-state index in [1.165, 1.54) is 22.9 Å². The van der Waals surface area contributed by atoms with Crippen LogP contribution in [0, 0.1) is 0 Å². The summed E-state index contributed by atoms with van der Waals surface area (Å²) in [5.41, 5.74) is 9.30. The monoisotopic (exact) mass is 221 g/mol. The Hall–Kier alpha value is -0.800. The van der Waals surface area contributed by atoms with Crippen molar-refractivity contribution in [3.05, 3.63) is 34.9 Å². The van der Waals surface area contributed by atoms with Crippen molar-refractivity contribution in [1.82, 2.24) is 0 Å². The number of hydrogen-bond acceptors (Lipinski definition) is 3. The summed E-state index contributed by atoms with van der Waals surface area (Å²) in [7, 11) is 0. The van der Waals surface area contributed by atoms with Crippen LogP contribution in [0.25, 0.3) is 0 Å². The van der Waals surface area contributed by atoms with Crippen LogP contribution in [-0.2, 0) is 6.42 Å². The molecule has 2 rings (SSSR count). The normalized spacial score (nSPS) is 19.7. The van der Waals surface area contributed by atoms with E-state index in [0.29, 0.717) is 0 Å². The Bertz CT molecular complexity index is 389. The number of rotatable bonds is 1. The SMILES string of the molecule is CSC(=O)c1ccc2c(c1)CCCC2N. The second-order valence-corrected chi connectivity index (χ2v) is 4.68. The molecular formula is C12H15NOS. The zero-order valence-electron chi connectivity index (χ0n) is 8.82. The summed E-state index contributed by atoms with van der Waals surface area (Å²) >= 11 is 1.26. The van der Waals surface area contributed by atoms with Gasteiger partial charge in [-0.25, -0.2) is 0 Å². The largest absolute Gasteiger partial charge is 0.324 e. The van der Waals surface area contributed by atoms with Gasteiger partial charge in [0.2, 0.25) is 5.12 Å². The lowest BCUT2D eigenvalue weighted by atomic mass is 9.87. The van der Waals surface area contributed by atoms with Gasteiger partial charge in [0.05, 0.1) is 0 Å². The number of hydrogen-bond donors (Lipinski definition) is 1. The van der Waals surface area contributed by atoms with E-state index >= 15 is 0 Å². The number of nitrogens with two attached hydrogens (primary N) is 1. The molecule has 0 aromatic heterocycles. The quantitative estimate of drug-likeness (QED) is 0.792. The number of thioether (sulfide) groups is 1. The van der Waals surface area contributed by atoms with E-state index in [1.807, 2.05) is 24.5 Å². The first-order chi connectivity index (χ1) is 7.22. The summed E-state index contributed by atoms with van der Waals surface area (Å²) in [4.78, 5) is 11.5. The number of benzene rings is 1. The van der Waals surface area contributed by atoms with Gasteiger partial charge < -0.3 is 5.73 Å². The van der Waals surface area contributed by atoms with Crippen molar-refractivity contribution < 1.29 is 4.79 Å². The topological polar surface area (TPSA) is 43.1 Å². The molecular weight excluding hydrogens is 206 g/mol. The number of carbonyl (C=O) groups excluding carboxylic acids is 1. The van der Waals surface area contributed by atoms with Crippen LogP contribution >= 0.6 is 11.8 Å². The zero-order valence-corrected chi connectivity index (χ0v) is 9.64. The number of aryl methyl sites for hydroxylation is 1. The molecule has 0 aliphatic heterocycles. The minimum absolute atomic E-state index is 0.136. The van der Waals surface area contributed by atoms with Gasteiger partial charge in [0, 0.05) is 11.6 Å². The van der Waals surface area contributed by atoms with Crippen molar-refractivity contribution in [2.45, 2.75) is 25.3 Å². The van der Waals surface area contributed by atoms with Gasteiger partial charge in [0.1, 0.15) is 0 Å². The highest BCUT2D eigenvalue weighted by Crippen LogP contribution is 2.29. The second kappa shape index (κ2) is 4.37. The van der Waals surface area contributed by atoms with Gasteiger partial charge in [0.25, 0.3) is 0 Å². The molecule has 2 nitrogen and oxygen atoms in total. The Labute approximate surface area is 94.2 Å². The van der Waals surface area contributed by atoms with Crippen molar-refractivity contribution in [2.24, 2.45) is 5.73 Å². The fourth-order valence-electron chi connectivity index (χ4n) is 2.10. The smallest absolute Gasteiger partial charge is 0.219 e. The first-order valence-electron chi connectivity index (χ1n) is 5.19. The van der Waals surface area contributed by atoms with Gasteiger partial charge in [-0.05, 0) is 42.7 Å². The van der Waals surface area contributed by atoms with E-state index in [4.69, 9.17) is 5.73 Å². The molecule has 1 atom stereocenters. The first kappa shape index (κ1) is 10.7. The fraction of sp³-hybridized carbons (Fsp3) is 0.417. The molecule has 3 heteroatoms. The van der Waals surface area contributed by atoms with Crippen molar-refractivity contribution >= 4 is 16.9 Å². The van der Waals surface area contributed by atoms with E-state index in [2.05, 4.69) is 0 Å². The van der Waals surface area contributed by atoms with Crippen molar-refractivity contribution in [3.8, 4) is 0 Å². The van der Waals surface area contributed by atoms with Crippen molar-refractivity contribution in [2.75, 3.05) is 6.26 Å². The highest BCUT2D eigenvalue weighted by molar-refractivity contribution is 8.13. The van der Waals surface area contributed by atoms with E-state index in [1.54, 1.807) is 0 Å². The Morgan fingerprint density at radius 2 is 2.33 bits per heavy atom. The highest BCUT2D eigenvalue weighted by Gasteiger charge is 2.17. The summed E-state index contributed by atoms with van der Waals surface area (Å²) in [6, 6.07) is 6.07. The Morgan fingerprint density at radius 3 is 3.07 bits per heavy atom. The zero-order chi connectivity index (χ0) is 10.8. The Kier molecular flexibility index (Phi) is 3.12. The molecule has 1 aliphatic rings. The third kappa shape index (κ3) is 2.08. The first-order valence-corrected chi connectivity index (χ1v) is 6.41. The Balaban J connectivity index is 2.37. The predicted molar refractivity (Wildman–Crippen MR) is 64.2 cm³/mol. The maximum absolute atomic E-state index is 11.5. The standard InChI is InChI=1S/C12H15NOS/c1-15-12(14)9-5-6-10-8(7-9)3-2-4-11(10)13/h5-7,11H,2-4,13H2,1H3. The lowest BCUT2D eigenvalue weighted by Crippen LogP contribution is -2.17. The highest BCUT2D eigenvalue weighted by atomic mass is 32.2. The van der Waals surface area contributed by atoms with Crippen molar-refractivity contribution in [3.63, 3.8) is 0 Å². The van der Waals surface area contributed by atoms with Gasteiger partial charge in [-0.15, -0.1) is 0 Å². The molecule has 0 radical (unpaired) electrons. The van der Waals surface area contributed by atoms with Gasteiger partial charge in [-0.3, -0.25) is 4.79 Å². The van der Waals surface area contributed by atoms with Crippen LogP contribution in [0.2, 0.25) is 0 Å². The van der Waals surface area contributed by atoms with E-state index in [-0.39, 0.29) is 11.2 Å². The fourth-order valence-corrected chi connectivity index (χ4v) is 2.46. The van der Waals surface area contributed by atoms with Gasteiger partial charge in [-0.2, -0.15) is 0 Å². The number of fused-ring (bicyclic) bond motifs is 1. The van der Waals surface area contributed by atoms with E-state index in [0.717, 1.165) is 24.8 Å². The van der Waals surface area contributed by atoms with Crippen molar-refractivity contribution in [1.29, 1.82) is 0 Å². The molecule has 1 aromatic carbocycles. The molecule has 0 heterocycles. The van der Waals surface area contributed by atoms with Crippen LogP contribution < -0.4 is 5.73 Å². The van der Waals surface area contributed by atoms with Gasteiger partial charge in [0.15, 0.2) is 0 Å². The minimum Gasteiger partial charge on any atom is -0.324 e. The maximum Gasteiger partial charge on any atom is 0.219 e. The summed E-state index contributed by atoms with van der Waals surface area (Å²) in [5.74, 6) is 0. The maximum atomic E-state index is 11.5. The molecule has 1 unspecified atom stereocenters. The van der Waals surface area contributed by atoms with Gasteiger partial charge >= 0.3 is 0 Å². The van der Waals surface area contributed by atoms with Crippen LogP contribution in [0.4, 0.5) is 0 Å². The Morgan fingerprint density at radius 1 is 1.53 bits per heavy atom. The molecule has 0 saturated carbocycles. The molecule has 2 N–H and O–H groups in total. The summed E-state index contributed by atoms with van der Waals surface area (Å²) < 4.78 is 0.